The van der Waals surface area contributed by atoms with Crippen LogP contribution < -0.4 is 9.62 Å². The zero-order chi connectivity index (χ0) is 26.3. The van der Waals surface area contributed by atoms with E-state index in [1.54, 1.807) is 29.8 Å². The molecule has 2 atom stereocenters. The molecule has 2 aliphatic heterocycles. The molecule has 1 N–H and O–H groups in total. The summed E-state index contributed by atoms with van der Waals surface area (Å²) in [5.74, 6) is 1.60. The number of rotatable bonds is 6. The molecule has 0 saturated carbocycles. The van der Waals surface area contributed by atoms with E-state index in [-0.39, 0.29) is 23.5 Å². The molecule has 38 heavy (non-hydrogen) atoms. The van der Waals surface area contributed by atoms with E-state index in [2.05, 4.69) is 26.5 Å². The van der Waals surface area contributed by atoms with Crippen molar-refractivity contribution in [1.82, 2.24) is 19.6 Å². The Morgan fingerprint density at radius 2 is 1.92 bits per heavy atom. The van der Waals surface area contributed by atoms with Gasteiger partial charge in [0.1, 0.15) is 17.0 Å². The predicted molar refractivity (Wildman–Crippen MR) is 147 cm³/mol. The maximum absolute atomic E-state index is 13.2. The lowest BCUT2D eigenvalue weighted by atomic mass is 9.89. The number of anilines is 1. The number of aryl methyl sites for hydroxylation is 1. The van der Waals surface area contributed by atoms with E-state index in [0.29, 0.717) is 44.3 Å². The van der Waals surface area contributed by atoms with Gasteiger partial charge in [-0.2, -0.15) is 0 Å². The van der Waals surface area contributed by atoms with Gasteiger partial charge in [0.2, 0.25) is 10.0 Å². The minimum absolute atomic E-state index is 0.0726. The van der Waals surface area contributed by atoms with E-state index in [1.807, 2.05) is 4.90 Å². The summed E-state index contributed by atoms with van der Waals surface area (Å²) in [7, 11) is -3.65. The van der Waals surface area contributed by atoms with Crippen molar-refractivity contribution in [2.45, 2.75) is 50.0 Å². The number of fused-ring (bicyclic) bond motifs is 3. The minimum atomic E-state index is -3.65. The minimum Gasteiger partial charge on any atom is -0.377 e. The molecule has 1 aromatic carbocycles. The van der Waals surface area contributed by atoms with Crippen molar-refractivity contribution < 1.29 is 17.9 Å². The van der Waals surface area contributed by atoms with Gasteiger partial charge in [0, 0.05) is 49.8 Å². The van der Waals surface area contributed by atoms with Crippen molar-refractivity contribution in [3.8, 4) is 0 Å². The third-order valence-electron chi connectivity index (χ3n) is 7.87. The molecule has 202 valence electrons. The molecule has 0 radical (unpaired) electrons. The van der Waals surface area contributed by atoms with Crippen LogP contribution >= 0.6 is 11.3 Å². The number of benzene rings is 1. The second-order valence-corrected chi connectivity index (χ2v) is 13.4. The molecular formula is C27H33N5O4S2. The molecule has 0 bridgehead atoms. The molecule has 9 nitrogen and oxygen atoms in total. The predicted octanol–water partition coefficient (Wildman–Crippen LogP) is 3.24. The Hall–Kier alpha value is -2.60. The van der Waals surface area contributed by atoms with Crippen LogP contribution in [0.5, 0.6) is 0 Å². The fraction of sp³-hybridized carbons (Fsp3) is 0.519. The SMILES string of the molecule is C[C@@H]1CCc2c(sc3ncnc(N4CCN(C(=O)c5ccc(S(=O)(=O)NC[C@H]6CCCO6)cc5)CC4)c23)C1. The Morgan fingerprint density at radius 3 is 2.66 bits per heavy atom. The molecule has 0 spiro atoms. The van der Waals surface area contributed by atoms with Gasteiger partial charge >= 0.3 is 0 Å². The summed E-state index contributed by atoms with van der Waals surface area (Å²) in [6.45, 7) is 5.80. The highest BCUT2D eigenvalue weighted by molar-refractivity contribution is 7.89. The molecule has 1 amide bonds. The first-order valence-electron chi connectivity index (χ1n) is 13.4. The molecule has 3 aliphatic rings. The Labute approximate surface area is 227 Å². The van der Waals surface area contributed by atoms with E-state index in [1.165, 1.54) is 34.4 Å². The zero-order valence-corrected chi connectivity index (χ0v) is 23.2. The van der Waals surface area contributed by atoms with Crippen LogP contribution in [0.15, 0.2) is 35.5 Å². The van der Waals surface area contributed by atoms with Crippen molar-refractivity contribution in [3.05, 3.63) is 46.6 Å². The number of ether oxygens (including phenoxy) is 1. The van der Waals surface area contributed by atoms with Crippen LogP contribution in [0.4, 0.5) is 5.82 Å². The number of nitrogens with zero attached hydrogens (tertiary/aromatic N) is 4. The second kappa shape index (κ2) is 10.5. The van der Waals surface area contributed by atoms with Crippen molar-refractivity contribution in [3.63, 3.8) is 0 Å². The molecule has 2 aromatic heterocycles. The first-order chi connectivity index (χ1) is 18.4. The van der Waals surface area contributed by atoms with Gasteiger partial charge in [0.25, 0.3) is 5.91 Å². The summed E-state index contributed by atoms with van der Waals surface area (Å²) in [6, 6.07) is 6.20. The van der Waals surface area contributed by atoms with Gasteiger partial charge in [-0.25, -0.2) is 23.1 Å². The van der Waals surface area contributed by atoms with Gasteiger partial charge < -0.3 is 14.5 Å². The quantitative estimate of drug-likeness (QED) is 0.498. The highest BCUT2D eigenvalue weighted by Crippen LogP contribution is 2.40. The fourth-order valence-corrected chi connectivity index (χ4v) is 8.08. The van der Waals surface area contributed by atoms with Crippen LogP contribution in [-0.2, 0) is 27.6 Å². The van der Waals surface area contributed by atoms with Crippen molar-refractivity contribution in [1.29, 1.82) is 0 Å². The summed E-state index contributed by atoms with van der Waals surface area (Å²) in [5, 5.41) is 1.20. The molecule has 2 saturated heterocycles. The van der Waals surface area contributed by atoms with Gasteiger partial charge in [-0.15, -0.1) is 11.3 Å². The standard InChI is InChI=1S/C27H33N5O4S2/c1-18-4-9-22-23(15-18)37-26-24(22)25(28-17-29-26)31-10-12-32(13-11-31)27(33)19-5-7-21(8-6-19)38(34,35)30-16-20-3-2-14-36-20/h5-8,17-18,20,30H,2-4,9-16H2,1H3/t18-,20-/m1/s1. The monoisotopic (exact) mass is 555 g/mol. The number of carbonyl (C=O) groups is 1. The van der Waals surface area contributed by atoms with Gasteiger partial charge in [0.15, 0.2) is 0 Å². The number of piperazine rings is 1. The van der Waals surface area contributed by atoms with Crippen molar-refractivity contribution in [2.75, 3.05) is 44.2 Å². The lowest BCUT2D eigenvalue weighted by molar-refractivity contribution is 0.0746. The largest absolute Gasteiger partial charge is 0.377 e. The van der Waals surface area contributed by atoms with E-state index in [4.69, 9.17) is 4.74 Å². The first kappa shape index (κ1) is 25.7. The Balaban J connectivity index is 1.10. The molecule has 3 aromatic rings. The maximum atomic E-state index is 13.2. The molecule has 4 heterocycles. The summed E-state index contributed by atoms with van der Waals surface area (Å²) < 4.78 is 33.4. The average Bonchev–Trinajstić information content (AvgIpc) is 3.59. The smallest absolute Gasteiger partial charge is 0.253 e. The van der Waals surface area contributed by atoms with Crippen molar-refractivity contribution in [2.24, 2.45) is 5.92 Å². The van der Waals surface area contributed by atoms with Crippen LogP contribution in [0.3, 0.4) is 0 Å². The Morgan fingerprint density at radius 1 is 1.13 bits per heavy atom. The van der Waals surface area contributed by atoms with E-state index < -0.39 is 10.0 Å². The molecule has 1 aliphatic carbocycles. The Bertz CT molecular complexity index is 1430. The third-order valence-corrected chi connectivity index (χ3v) is 10.5. The molecule has 0 unspecified atom stereocenters. The van der Waals surface area contributed by atoms with E-state index in [9.17, 15) is 13.2 Å². The van der Waals surface area contributed by atoms with Crippen LogP contribution in [0.25, 0.3) is 10.2 Å². The topological polar surface area (TPSA) is 105 Å². The normalized spacial score (nSPS) is 22.1. The summed E-state index contributed by atoms with van der Waals surface area (Å²) in [5.41, 5.74) is 1.90. The zero-order valence-electron chi connectivity index (χ0n) is 21.6. The van der Waals surface area contributed by atoms with Crippen LogP contribution in [0.1, 0.15) is 47.0 Å². The highest BCUT2D eigenvalue weighted by Gasteiger charge is 2.28. The van der Waals surface area contributed by atoms with Gasteiger partial charge in [-0.3, -0.25) is 4.79 Å². The number of carbonyl (C=O) groups excluding carboxylic acids is 1. The summed E-state index contributed by atoms with van der Waals surface area (Å²) in [6.07, 6.45) is 6.79. The lowest BCUT2D eigenvalue weighted by Gasteiger charge is -2.36. The van der Waals surface area contributed by atoms with E-state index in [0.717, 1.165) is 36.3 Å². The average molecular weight is 556 g/mol. The highest BCUT2D eigenvalue weighted by atomic mass is 32.2. The fourth-order valence-electron chi connectivity index (χ4n) is 5.67. The number of nitrogens with one attached hydrogen (secondary N) is 1. The number of amides is 1. The number of sulfonamides is 1. The summed E-state index contributed by atoms with van der Waals surface area (Å²) >= 11 is 1.80. The van der Waals surface area contributed by atoms with Crippen LogP contribution in [0.2, 0.25) is 0 Å². The number of thiophene rings is 1. The molecule has 6 rings (SSSR count). The molecule has 11 heteroatoms. The number of hydrogen-bond donors (Lipinski definition) is 1. The molecular weight excluding hydrogens is 522 g/mol. The van der Waals surface area contributed by atoms with Gasteiger partial charge in [-0.05, 0) is 67.9 Å². The lowest BCUT2D eigenvalue weighted by Crippen LogP contribution is -2.49. The van der Waals surface area contributed by atoms with Crippen molar-refractivity contribution >= 4 is 43.3 Å². The summed E-state index contributed by atoms with van der Waals surface area (Å²) in [4.78, 5) is 29.2. The van der Waals surface area contributed by atoms with Crippen LogP contribution in [-0.4, -0.2) is 74.6 Å². The third kappa shape index (κ3) is 5.04. The van der Waals surface area contributed by atoms with Gasteiger partial charge in [0.05, 0.1) is 16.4 Å². The first-order valence-corrected chi connectivity index (χ1v) is 15.7. The number of hydrogen-bond acceptors (Lipinski definition) is 8. The van der Waals surface area contributed by atoms with E-state index >= 15 is 0 Å². The van der Waals surface area contributed by atoms with Crippen LogP contribution in [0, 0.1) is 5.92 Å². The maximum Gasteiger partial charge on any atom is 0.253 e. The second-order valence-electron chi connectivity index (χ2n) is 10.5. The van der Waals surface area contributed by atoms with Gasteiger partial charge in [-0.1, -0.05) is 6.92 Å². The Kier molecular flexibility index (Phi) is 7.10. The molecule has 2 fully saturated rings. The number of aromatic nitrogens is 2.